The van der Waals surface area contributed by atoms with Crippen molar-refractivity contribution in [1.29, 1.82) is 0 Å². The van der Waals surface area contributed by atoms with E-state index in [2.05, 4.69) is 23.2 Å². The molecule has 0 radical (unpaired) electrons. The maximum Gasteiger partial charge on any atom is 0.225 e. The largest absolute Gasteiger partial charge is 0.317 e. The molecule has 0 bridgehead atoms. The van der Waals surface area contributed by atoms with Crippen LogP contribution >= 0.6 is 34.3 Å². The molecule has 2 aromatic carbocycles. The lowest BCUT2D eigenvalue weighted by Gasteiger charge is -2.25. The van der Waals surface area contributed by atoms with Gasteiger partial charge in [0.25, 0.3) is 0 Å². The Bertz CT molecular complexity index is 1480. The van der Waals surface area contributed by atoms with Crippen molar-refractivity contribution in [1.82, 2.24) is 9.88 Å². The van der Waals surface area contributed by atoms with Crippen molar-refractivity contribution < 1.29 is 13.2 Å². The molecule has 1 amide bonds. The lowest BCUT2D eigenvalue weighted by molar-refractivity contribution is -0.116. The van der Waals surface area contributed by atoms with E-state index in [-0.39, 0.29) is 29.4 Å². The molecule has 36 heavy (non-hydrogen) atoms. The Morgan fingerprint density at radius 2 is 1.92 bits per heavy atom. The number of likely N-dealkylation sites (N-methyl/N-ethyl adjacent to an activating group) is 1. The number of carbonyl (C=O) groups excluding carboxylic acids is 1. The topological polar surface area (TPSA) is 79.4 Å². The number of aromatic nitrogens is 1. The Kier molecular flexibility index (Phi) is 7.46. The number of fused-ring (bicyclic) bond motifs is 2. The Balaban J connectivity index is 1.34. The fourth-order valence-corrected chi connectivity index (χ4v) is 8.24. The van der Waals surface area contributed by atoms with Gasteiger partial charge >= 0.3 is 0 Å². The number of para-hydroxylation sites is 1. The molecule has 0 aliphatic carbocycles. The van der Waals surface area contributed by atoms with Gasteiger partial charge in [-0.05, 0) is 61.3 Å². The van der Waals surface area contributed by atoms with E-state index in [0.29, 0.717) is 5.02 Å². The highest BCUT2D eigenvalue weighted by atomic mass is 35.5. The van der Waals surface area contributed by atoms with E-state index in [9.17, 15) is 13.2 Å². The second-order valence-electron chi connectivity index (χ2n) is 8.74. The minimum Gasteiger partial charge on any atom is -0.317 e. The van der Waals surface area contributed by atoms with Crippen LogP contribution in [0.2, 0.25) is 5.02 Å². The number of carbonyl (C=O) groups is 1. The summed E-state index contributed by atoms with van der Waals surface area (Å²) in [6, 6.07) is 14.2. The molecule has 4 aromatic rings. The highest BCUT2D eigenvalue weighted by molar-refractivity contribution is 7.91. The highest BCUT2D eigenvalue weighted by Gasteiger charge is 2.27. The van der Waals surface area contributed by atoms with Gasteiger partial charge in [0.15, 0.2) is 9.84 Å². The summed E-state index contributed by atoms with van der Waals surface area (Å²) in [4.78, 5) is 21.7. The second kappa shape index (κ2) is 10.6. The predicted octanol–water partition coefficient (Wildman–Crippen LogP) is 6.25. The Hall–Kier alpha value is -2.30. The van der Waals surface area contributed by atoms with Crippen LogP contribution in [0.15, 0.2) is 53.4 Å². The predicted molar refractivity (Wildman–Crippen MR) is 149 cm³/mol. The number of amides is 1. The molecule has 0 saturated heterocycles. The average Bonchev–Trinajstić information content (AvgIpc) is 3.44. The first-order valence-corrected chi connectivity index (χ1v) is 15.5. The number of hydrogen-bond acceptors (Lipinski definition) is 7. The molecule has 1 aliphatic rings. The SMILES string of the molecule is CCN1CCc2c(sc(NC(=O)CCCS(=O)(=O)c3ccc(Cl)cc3)c2-c2nc3ccccc3s2)C1. The molecule has 0 spiro atoms. The molecule has 0 saturated carbocycles. The zero-order chi connectivity index (χ0) is 25.3. The van der Waals surface area contributed by atoms with Gasteiger partial charge in [-0.25, -0.2) is 13.4 Å². The van der Waals surface area contributed by atoms with Crippen LogP contribution in [0.3, 0.4) is 0 Å². The van der Waals surface area contributed by atoms with Crippen molar-refractivity contribution in [3.8, 4) is 10.6 Å². The maximum atomic E-state index is 12.9. The molecule has 0 fully saturated rings. The average molecular weight is 560 g/mol. The van der Waals surface area contributed by atoms with Crippen molar-refractivity contribution >= 4 is 65.2 Å². The Morgan fingerprint density at radius 3 is 2.67 bits per heavy atom. The molecule has 3 heterocycles. The first-order valence-electron chi connectivity index (χ1n) is 11.8. The number of halogens is 1. The van der Waals surface area contributed by atoms with Crippen molar-refractivity contribution in [3.05, 3.63) is 64.0 Å². The van der Waals surface area contributed by atoms with Crippen molar-refractivity contribution in [2.24, 2.45) is 0 Å². The molecule has 6 nitrogen and oxygen atoms in total. The van der Waals surface area contributed by atoms with Crippen LogP contribution in [0.5, 0.6) is 0 Å². The van der Waals surface area contributed by atoms with E-state index in [0.717, 1.165) is 51.8 Å². The van der Waals surface area contributed by atoms with Crippen molar-refractivity contribution in [3.63, 3.8) is 0 Å². The van der Waals surface area contributed by atoms with Crippen LogP contribution in [0.1, 0.15) is 30.2 Å². The van der Waals surface area contributed by atoms with Crippen LogP contribution < -0.4 is 5.32 Å². The number of hydrogen-bond donors (Lipinski definition) is 1. The molecule has 10 heteroatoms. The van der Waals surface area contributed by atoms with Crippen LogP contribution in [-0.2, 0) is 27.6 Å². The fraction of sp³-hybridized carbons (Fsp3) is 0.308. The highest BCUT2D eigenvalue weighted by Crippen LogP contribution is 2.45. The van der Waals surface area contributed by atoms with Gasteiger partial charge < -0.3 is 5.32 Å². The van der Waals surface area contributed by atoms with Gasteiger partial charge in [0.1, 0.15) is 10.0 Å². The summed E-state index contributed by atoms with van der Waals surface area (Å²) in [6.07, 6.45) is 1.28. The zero-order valence-corrected chi connectivity index (χ0v) is 23.0. The van der Waals surface area contributed by atoms with Gasteiger partial charge in [0.2, 0.25) is 5.91 Å². The van der Waals surface area contributed by atoms with E-state index in [1.807, 2.05) is 18.2 Å². The summed E-state index contributed by atoms with van der Waals surface area (Å²) in [5.74, 6) is -0.284. The normalized spacial score (nSPS) is 14.2. The minimum absolute atomic E-state index is 0.0980. The molecule has 0 atom stereocenters. The number of rotatable bonds is 8. The monoisotopic (exact) mass is 559 g/mol. The maximum absolute atomic E-state index is 12.9. The molecule has 2 aromatic heterocycles. The van der Waals surface area contributed by atoms with Gasteiger partial charge in [0.05, 0.1) is 20.9 Å². The smallest absolute Gasteiger partial charge is 0.225 e. The molecule has 1 aliphatic heterocycles. The summed E-state index contributed by atoms with van der Waals surface area (Å²) in [7, 11) is -3.47. The van der Waals surface area contributed by atoms with Crippen LogP contribution in [-0.4, -0.2) is 43.1 Å². The van der Waals surface area contributed by atoms with E-state index in [4.69, 9.17) is 16.6 Å². The summed E-state index contributed by atoms with van der Waals surface area (Å²) < 4.78 is 26.3. The second-order valence-corrected chi connectivity index (χ2v) is 13.4. The summed E-state index contributed by atoms with van der Waals surface area (Å²) in [5.41, 5.74) is 3.24. The molecule has 5 rings (SSSR count). The number of thiazole rings is 1. The van der Waals surface area contributed by atoms with Gasteiger partial charge in [-0.3, -0.25) is 9.69 Å². The van der Waals surface area contributed by atoms with Crippen molar-refractivity contribution in [2.45, 2.75) is 37.6 Å². The van der Waals surface area contributed by atoms with Gasteiger partial charge in [0, 0.05) is 35.0 Å². The molecular weight excluding hydrogens is 534 g/mol. The first kappa shape index (κ1) is 25.4. The third kappa shape index (κ3) is 5.35. The quantitative estimate of drug-likeness (QED) is 0.276. The van der Waals surface area contributed by atoms with Gasteiger partial charge in [-0.1, -0.05) is 30.7 Å². The Morgan fingerprint density at radius 1 is 1.14 bits per heavy atom. The van der Waals surface area contributed by atoms with Crippen LogP contribution in [0.25, 0.3) is 20.8 Å². The zero-order valence-electron chi connectivity index (χ0n) is 19.8. The van der Waals surface area contributed by atoms with E-state index in [1.165, 1.54) is 22.6 Å². The molecule has 188 valence electrons. The number of nitrogens with zero attached hydrogens (tertiary/aromatic N) is 2. The summed E-state index contributed by atoms with van der Waals surface area (Å²) >= 11 is 9.12. The third-order valence-corrected chi connectivity index (χ3v) is 10.6. The van der Waals surface area contributed by atoms with Crippen LogP contribution in [0.4, 0.5) is 5.00 Å². The van der Waals surface area contributed by atoms with E-state index in [1.54, 1.807) is 34.8 Å². The Labute approximate surface area is 223 Å². The van der Waals surface area contributed by atoms with E-state index < -0.39 is 9.84 Å². The first-order chi connectivity index (χ1) is 17.3. The molecule has 1 N–H and O–H groups in total. The van der Waals surface area contributed by atoms with Gasteiger partial charge in [-0.15, -0.1) is 22.7 Å². The van der Waals surface area contributed by atoms with E-state index >= 15 is 0 Å². The lowest BCUT2D eigenvalue weighted by atomic mass is 10.0. The van der Waals surface area contributed by atoms with Gasteiger partial charge in [-0.2, -0.15) is 0 Å². The number of nitrogens with one attached hydrogen (secondary N) is 1. The number of thiophene rings is 1. The molecular formula is C26H26ClN3O3S3. The minimum atomic E-state index is -3.47. The standard InChI is InChI=1S/C26H26ClN3O3S3/c1-2-30-14-13-19-22(16-30)35-26(24(19)25-28-20-6-3-4-7-21(20)34-25)29-23(31)8-5-15-36(32,33)18-11-9-17(27)10-12-18/h3-4,6-7,9-12H,2,5,8,13-16H2,1H3,(H,29,31). The third-order valence-electron chi connectivity index (χ3n) is 6.33. The summed E-state index contributed by atoms with van der Waals surface area (Å²) in [5, 5.41) is 5.30. The number of benzene rings is 2. The number of anilines is 1. The lowest BCUT2D eigenvalue weighted by Crippen LogP contribution is -2.29. The summed E-state index contributed by atoms with van der Waals surface area (Å²) in [6.45, 7) is 4.99. The fourth-order valence-electron chi connectivity index (χ4n) is 4.39. The van der Waals surface area contributed by atoms with Crippen LogP contribution in [0, 0.1) is 0 Å². The molecule has 0 unspecified atom stereocenters. The number of sulfone groups is 1. The van der Waals surface area contributed by atoms with Crippen molar-refractivity contribution in [2.75, 3.05) is 24.2 Å².